The van der Waals surface area contributed by atoms with Gasteiger partial charge in [0.05, 0.1) is 12.8 Å². The highest BCUT2D eigenvalue weighted by Crippen LogP contribution is 2.28. The van der Waals surface area contributed by atoms with E-state index in [0.29, 0.717) is 5.92 Å². The third-order valence-corrected chi connectivity index (χ3v) is 3.92. The lowest BCUT2D eigenvalue weighted by molar-refractivity contribution is 0.0635. The lowest BCUT2D eigenvalue weighted by Gasteiger charge is -2.24. The maximum atomic E-state index is 12.1. The third kappa shape index (κ3) is 5.75. The third-order valence-electron chi connectivity index (χ3n) is 3.92. The van der Waals surface area contributed by atoms with E-state index in [1.807, 2.05) is 39.0 Å². The number of anilines is 1. The Bertz CT molecular complexity index is 532. The maximum absolute atomic E-state index is 12.1. The normalized spacial score (nSPS) is 16.0. The van der Waals surface area contributed by atoms with Gasteiger partial charge in [0.2, 0.25) is 0 Å². The standard InChI is InChI=1S/C18H28N2O3/c1-18(2,3)23-17(21)20-16-12-15(22-4)6-5-14(16)11-13-7-9-19-10-8-13/h5-6,12-13,19H,7-11H2,1-4H3,(H,20,21). The van der Waals surface area contributed by atoms with Crippen molar-refractivity contribution in [2.75, 3.05) is 25.5 Å². The Kier molecular flexibility index (Phi) is 5.88. The van der Waals surface area contributed by atoms with Crippen LogP contribution in [0.5, 0.6) is 5.75 Å². The fourth-order valence-electron chi connectivity index (χ4n) is 2.79. The second-order valence-corrected chi connectivity index (χ2v) is 7.05. The van der Waals surface area contributed by atoms with E-state index in [0.717, 1.165) is 49.4 Å². The minimum absolute atomic E-state index is 0.433. The van der Waals surface area contributed by atoms with Crippen molar-refractivity contribution >= 4 is 11.8 Å². The Morgan fingerprint density at radius 3 is 2.61 bits per heavy atom. The number of nitrogens with one attached hydrogen (secondary N) is 2. The summed E-state index contributed by atoms with van der Waals surface area (Å²) in [7, 11) is 1.62. The molecule has 1 aromatic rings. The van der Waals surface area contributed by atoms with Crippen molar-refractivity contribution in [1.29, 1.82) is 0 Å². The van der Waals surface area contributed by atoms with Crippen molar-refractivity contribution in [1.82, 2.24) is 5.32 Å². The molecule has 2 N–H and O–H groups in total. The first-order valence-corrected chi connectivity index (χ1v) is 8.25. The molecule has 0 aliphatic carbocycles. The molecule has 0 bridgehead atoms. The lowest BCUT2D eigenvalue weighted by atomic mass is 9.90. The summed E-state index contributed by atoms with van der Waals surface area (Å²) in [6, 6.07) is 5.84. The Morgan fingerprint density at radius 2 is 2.00 bits per heavy atom. The van der Waals surface area contributed by atoms with Crippen LogP contribution >= 0.6 is 0 Å². The minimum Gasteiger partial charge on any atom is -0.497 e. The SMILES string of the molecule is COc1ccc(CC2CCNCC2)c(NC(=O)OC(C)(C)C)c1. The maximum Gasteiger partial charge on any atom is 0.412 e. The van der Waals surface area contributed by atoms with Gasteiger partial charge < -0.3 is 14.8 Å². The molecule has 23 heavy (non-hydrogen) atoms. The summed E-state index contributed by atoms with van der Waals surface area (Å²) in [6.07, 6.45) is 2.85. The fraction of sp³-hybridized carbons (Fsp3) is 0.611. The van der Waals surface area contributed by atoms with Crippen molar-refractivity contribution < 1.29 is 14.3 Å². The number of benzene rings is 1. The molecule has 1 aliphatic rings. The molecule has 1 fully saturated rings. The average Bonchev–Trinajstić information content (AvgIpc) is 2.48. The number of carbonyl (C=O) groups excluding carboxylic acids is 1. The fourth-order valence-corrected chi connectivity index (χ4v) is 2.79. The number of amides is 1. The first kappa shape index (κ1) is 17.6. The van der Waals surface area contributed by atoms with Gasteiger partial charge in [0.25, 0.3) is 0 Å². The van der Waals surface area contributed by atoms with Crippen LogP contribution in [0.2, 0.25) is 0 Å². The summed E-state index contributed by atoms with van der Waals surface area (Å²) in [6.45, 7) is 7.70. The van der Waals surface area contributed by atoms with Crippen molar-refractivity contribution in [3.8, 4) is 5.75 Å². The smallest absolute Gasteiger partial charge is 0.412 e. The summed E-state index contributed by atoms with van der Waals surface area (Å²) in [5.41, 5.74) is 1.39. The van der Waals surface area contributed by atoms with E-state index in [1.165, 1.54) is 0 Å². The summed E-state index contributed by atoms with van der Waals surface area (Å²) < 4.78 is 10.6. The molecule has 5 nitrogen and oxygen atoms in total. The predicted molar refractivity (Wildman–Crippen MR) is 92.1 cm³/mol. The molecule has 0 radical (unpaired) electrons. The van der Waals surface area contributed by atoms with Crippen molar-refractivity contribution in [2.45, 2.75) is 45.6 Å². The molecule has 0 unspecified atom stereocenters. The zero-order valence-electron chi connectivity index (χ0n) is 14.6. The molecule has 0 saturated carbocycles. The molecular weight excluding hydrogens is 292 g/mol. The van der Waals surface area contributed by atoms with Gasteiger partial charge in [-0.05, 0) is 70.7 Å². The summed E-state index contributed by atoms with van der Waals surface area (Å²) >= 11 is 0. The first-order chi connectivity index (χ1) is 10.9. The van der Waals surface area contributed by atoms with Crippen LogP contribution in [-0.2, 0) is 11.2 Å². The highest BCUT2D eigenvalue weighted by molar-refractivity contribution is 5.86. The van der Waals surface area contributed by atoms with E-state index in [1.54, 1.807) is 7.11 Å². The number of hydrogen-bond donors (Lipinski definition) is 2. The number of carbonyl (C=O) groups is 1. The Hall–Kier alpha value is -1.75. The Labute approximate surface area is 138 Å². The van der Waals surface area contributed by atoms with Gasteiger partial charge in [0.15, 0.2) is 0 Å². The van der Waals surface area contributed by atoms with Gasteiger partial charge in [-0.1, -0.05) is 6.07 Å². The van der Waals surface area contributed by atoms with E-state index in [4.69, 9.17) is 9.47 Å². The molecule has 0 atom stereocenters. The van der Waals surface area contributed by atoms with Crippen LogP contribution in [0.25, 0.3) is 0 Å². The molecule has 1 saturated heterocycles. The molecule has 1 amide bonds. The minimum atomic E-state index is -0.516. The summed E-state index contributed by atoms with van der Waals surface area (Å²) in [5.74, 6) is 1.37. The highest BCUT2D eigenvalue weighted by Gasteiger charge is 2.19. The predicted octanol–water partition coefficient (Wildman–Crippen LogP) is 3.58. The second kappa shape index (κ2) is 7.68. The van der Waals surface area contributed by atoms with Gasteiger partial charge in [-0.2, -0.15) is 0 Å². The van der Waals surface area contributed by atoms with Crippen LogP contribution in [0.4, 0.5) is 10.5 Å². The molecule has 128 valence electrons. The summed E-state index contributed by atoms with van der Waals surface area (Å²) in [4.78, 5) is 12.1. The monoisotopic (exact) mass is 320 g/mol. The molecule has 1 heterocycles. The summed E-state index contributed by atoms with van der Waals surface area (Å²) in [5, 5.41) is 6.26. The molecule has 1 aromatic carbocycles. The van der Waals surface area contributed by atoms with Crippen LogP contribution < -0.4 is 15.4 Å². The molecule has 5 heteroatoms. The Morgan fingerprint density at radius 1 is 1.30 bits per heavy atom. The van der Waals surface area contributed by atoms with Crippen molar-refractivity contribution in [2.24, 2.45) is 5.92 Å². The number of hydrogen-bond acceptors (Lipinski definition) is 4. The average molecular weight is 320 g/mol. The largest absolute Gasteiger partial charge is 0.497 e. The van der Waals surface area contributed by atoms with Crippen LogP contribution in [0.1, 0.15) is 39.2 Å². The van der Waals surface area contributed by atoms with Crippen molar-refractivity contribution in [3.05, 3.63) is 23.8 Å². The van der Waals surface area contributed by atoms with Gasteiger partial charge in [0, 0.05) is 6.07 Å². The lowest BCUT2D eigenvalue weighted by Crippen LogP contribution is -2.29. The van der Waals surface area contributed by atoms with Crippen LogP contribution in [0.3, 0.4) is 0 Å². The van der Waals surface area contributed by atoms with Crippen molar-refractivity contribution in [3.63, 3.8) is 0 Å². The van der Waals surface area contributed by atoms with Gasteiger partial charge >= 0.3 is 6.09 Å². The Balaban J connectivity index is 2.12. The zero-order valence-corrected chi connectivity index (χ0v) is 14.6. The second-order valence-electron chi connectivity index (χ2n) is 7.05. The van der Waals surface area contributed by atoms with Gasteiger partial charge in [-0.3, -0.25) is 5.32 Å². The molecule has 1 aliphatic heterocycles. The van der Waals surface area contributed by atoms with Crippen LogP contribution in [0, 0.1) is 5.92 Å². The number of methoxy groups -OCH3 is 1. The number of piperidine rings is 1. The van der Waals surface area contributed by atoms with E-state index in [9.17, 15) is 4.79 Å². The van der Waals surface area contributed by atoms with Gasteiger partial charge in [-0.25, -0.2) is 4.79 Å². The van der Waals surface area contributed by atoms with E-state index in [-0.39, 0.29) is 0 Å². The first-order valence-electron chi connectivity index (χ1n) is 8.25. The number of rotatable bonds is 4. The van der Waals surface area contributed by atoms with Crippen LogP contribution in [-0.4, -0.2) is 31.9 Å². The van der Waals surface area contributed by atoms with Gasteiger partial charge in [-0.15, -0.1) is 0 Å². The van der Waals surface area contributed by atoms with Crippen LogP contribution in [0.15, 0.2) is 18.2 Å². The molecule has 0 spiro atoms. The van der Waals surface area contributed by atoms with E-state index in [2.05, 4.69) is 10.6 Å². The molecule has 0 aromatic heterocycles. The molecular formula is C18H28N2O3. The van der Waals surface area contributed by atoms with E-state index < -0.39 is 11.7 Å². The quantitative estimate of drug-likeness (QED) is 0.890. The molecule has 2 rings (SSSR count). The topological polar surface area (TPSA) is 59.6 Å². The van der Waals surface area contributed by atoms with Gasteiger partial charge in [0.1, 0.15) is 11.4 Å². The zero-order chi connectivity index (χ0) is 16.9. The van der Waals surface area contributed by atoms with E-state index >= 15 is 0 Å². The number of ether oxygens (including phenoxy) is 2. The highest BCUT2D eigenvalue weighted by atomic mass is 16.6.